The molecule has 1 fully saturated rings. The lowest BCUT2D eigenvalue weighted by atomic mass is 9.89. The number of sulfone groups is 1. The van der Waals surface area contributed by atoms with Crippen molar-refractivity contribution >= 4 is 21.4 Å². The predicted octanol–water partition coefficient (Wildman–Crippen LogP) is 2.66. The lowest BCUT2D eigenvalue weighted by molar-refractivity contribution is 0.0816. The third-order valence-electron chi connectivity index (χ3n) is 3.75. The second-order valence-electron chi connectivity index (χ2n) is 5.51. The number of hydrogen-bond acceptors (Lipinski definition) is 3. The van der Waals surface area contributed by atoms with Crippen LogP contribution >= 0.6 is 11.6 Å². The average Bonchev–Trinajstić information content (AvgIpc) is 2.54. The zero-order valence-electron chi connectivity index (χ0n) is 10.4. The molecule has 2 unspecified atom stereocenters. The van der Waals surface area contributed by atoms with Crippen LogP contribution in [0.2, 0.25) is 5.02 Å². The van der Waals surface area contributed by atoms with Crippen LogP contribution in [0.15, 0.2) is 29.2 Å². The van der Waals surface area contributed by atoms with Crippen molar-refractivity contribution in [3.63, 3.8) is 0 Å². The van der Waals surface area contributed by atoms with Gasteiger partial charge in [0.1, 0.15) is 0 Å². The van der Waals surface area contributed by atoms with Crippen molar-refractivity contribution in [3.05, 3.63) is 29.3 Å². The van der Waals surface area contributed by atoms with Gasteiger partial charge >= 0.3 is 0 Å². The fourth-order valence-electron chi connectivity index (χ4n) is 2.47. The van der Waals surface area contributed by atoms with Gasteiger partial charge in [-0.1, -0.05) is 31.5 Å². The molecule has 0 aliphatic heterocycles. The predicted molar refractivity (Wildman–Crippen MR) is 71.4 cm³/mol. The quantitative estimate of drug-likeness (QED) is 0.910. The molecule has 1 aromatic carbocycles. The molecular formula is C13H17ClO3S. The molecule has 1 aliphatic carbocycles. The fraction of sp³-hybridized carbons (Fsp3) is 0.538. The van der Waals surface area contributed by atoms with E-state index in [1.807, 2.05) is 13.8 Å². The van der Waals surface area contributed by atoms with Gasteiger partial charge in [0, 0.05) is 5.02 Å². The van der Waals surface area contributed by atoms with Gasteiger partial charge in [-0.2, -0.15) is 0 Å². The normalized spacial score (nSPS) is 27.3. The Kier molecular flexibility index (Phi) is 3.47. The van der Waals surface area contributed by atoms with Crippen molar-refractivity contribution in [2.45, 2.75) is 42.9 Å². The van der Waals surface area contributed by atoms with Crippen molar-refractivity contribution in [1.29, 1.82) is 0 Å². The van der Waals surface area contributed by atoms with E-state index in [9.17, 15) is 13.5 Å². The Morgan fingerprint density at radius 2 is 2.06 bits per heavy atom. The molecule has 1 aliphatic rings. The van der Waals surface area contributed by atoms with Crippen LogP contribution in [0.25, 0.3) is 0 Å². The minimum atomic E-state index is -3.52. The largest absolute Gasteiger partial charge is 0.391 e. The Labute approximate surface area is 113 Å². The summed E-state index contributed by atoms with van der Waals surface area (Å²) in [5, 5.41) is 9.83. The molecule has 3 nitrogen and oxygen atoms in total. The highest BCUT2D eigenvalue weighted by Crippen LogP contribution is 2.42. The molecule has 5 heteroatoms. The Hall–Kier alpha value is -0.580. The fourth-order valence-corrected chi connectivity index (χ4v) is 4.77. The van der Waals surface area contributed by atoms with Gasteiger partial charge in [-0.3, -0.25) is 0 Å². The number of aliphatic hydroxyl groups excluding tert-OH is 1. The molecule has 18 heavy (non-hydrogen) atoms. The maximum absolute atomic E-state index is 12.5. The lowest BCUT2D eigenvalue weighted by Gasteiger charge is -2.25. The van der Waals surface area contributed by atoms with E-state index in [1.165, 1.54) is 12.1 Å². The molecule has 1 aromatic rings. The van der Waals surface area contributed by atoms with Gasteiger partial charge in [0.25, 0.3) is 0 Å². The number of benzene rings is 1. The van der Waals surface area contributed by atoms with E-state index in [0.29, 0.717) is 17.9 Å². The van der Waals surface area contributed by atoms with E-state index in [2.05, 4.69) is 0 Å². The van der Waals surface area contributed by atoms with Crippen LogP contribution in [0.1, 0.15) is 26.7 Å². The Bertz CT molecular complexity index is 551. The molecule has 0 spiro atoms. The molecule has 0 saturated heterocycles. The number of hydrogen-bond donors (Lipinski definition) is 1. The highest BCUT2D eigenvalue weighted by atomic mass is 35.5. The van der Waals surface area contributed by atoms with E-state index in [4.69, 9.17) is 11.6 Å². The second-order valence-corrected chi connectivity index (χ2v) is 8.12. The number of halogens is 1. The van der Waals surface area contributed by atoms with Gasteiger partial charge in [-0.15, -0.1) is 0 Å². The molecule has 2 atom stereocenters. The summed E-state index contributed by atoms with van der Waals surface area (Å²) in [6.45, 7) is 3.79. The molecule has 0 aromatic heterocycles. The van der Waals surface area contributed by atoms with Crippen LogP contribution in [0, 0.1) is 5.41 Å². The van der Waals surface area contributed by atoms with Gasteiger partial charge in [-0.25, -0.2) is 8.42 Å². The van der Waals surface area contributed by atoms with Crippen LogP contribution < -0.4 is 0 Å². The summed E-state index contributed by atoms with van der Waals surface area (Å²) in [6, 6.07) is 6.21. The summed E-state index contributed by atoms with van der Waals surface area (Å²) in [7, 11) is -3.52. The van der Waals surface area contributed by atoms with Gasteiger partial charge in [0.2, 0.25) is 0 Å². The molecule has 1 N–H and O–H groups in total. The average molecular weight is 289 g/mol. The van der Waals surface area contributed by atoms with E-state index < -0.39 is 21.2 Å². The third-order valence-corrected chi connectivity index (χ3v) is 6.19. The Balaban J connectivity index is 2.39. The van der Waals surface area contributed by atoms with Gasteiger partial charge < -0.3 is 5.11 Å². The third kappa shape index (κ3) is 2.29. The first-order valence-electron chi connectivity index (χ1n) is 5.93. The maximum Gasteiger partial charge on any atom is 0.183 e. The molecule has 2 rings (SSSR count). The van der Waals surface area contributed by atoms with Gasteiger partial charge in [-0.05, 0) is 36.5 Å². The van der Waals surface area contributed by atoms with Crippen LogP contribution in [-0.2, 0) is 9.84 Å². The first-order chi connectivity index (χ1) is 8.25. The van der Waals surface area contributed by atoms with E-state index in [1.54, 1.807) is 12.1 Å². The first kappa shape index (κ1) is 13.8. The molecule has 1 saturated carbocycles. The Morgan fingerprint density at radius 1 is 1.39 bits per heavy atom. The summed E-state index contributed by atoms with van der Waals surface area (Å²) in [4.78, 5) is 0.191. The van der Waals surface area contributed by atoms with E-state index >= 15 is 0 Å². The monoisotopic (exact) mass is 288 g/mol. The van der Waals surface area contributed by atoms with E-state index in [0.717, 1.165) is 0 Å². The van der Waals surface area contributed by atoms with Crippen molar-refractivity contribution in [2.75, 3.05) is 0 Å². The minimum Gasteiger partial charge on any atom is -0.391 e. The van der Waals surface area contributed by atoms with Crippen molar-refractivity contribution < 1.29 is 13.5 Å². The molecule has 100 valence electrons. The second kappa shape index (κ2) is 4.51. The Morgan fingerprint density at radius 3 is 2.56 bits per heavy atom. The van der Waals surface area contributed by atoms with Crippen LogP contribution in [-0.4, -0.2) is 24.9 Å². The lowest BCUT2D eigenvalue weighted by Crippen LogP contribution is -2.36. The molecule has 0 radical (unpaired) electrons. The standard InChI is InChI=1S/C13H17ClO3S/c1-13(2)7-6-11(12(13)15)18(16,17)10-5-3-4-9(14)8-10/h3-5,8,11-12,15H,6-7H2,1-2H3. The molecule has 0 amide bonds. The van der Waals surface area contributed by atoms with E-state index in [-0.39, 0.29) is 10.3 Å². The topological polar surface area (TPSA) is 54.4 Å². The summed E-state index contributed by atoms with van der Waals surface area (Å²) >= 11 is 5.82. The number of aliphatic hydroxyl groups is 1. The van der Waals surface area contributed by atoms with Crippen LogP contribution in [0.5, 0.6) is 0 Å². The highest BCUT2D eigenvalue weighted by Gasteiger charge is 2.47. The van der Waals surface area contributed by atoms with Crippen molar-refractivity contribution in [2.24, 2.45) is 5.41 Å². The summed E-state index contributed by atoms with van der Waals surface area (Å²) < 4.78 is 24.9. The summed E-state index contributed by atoms with van der Waals surface area (Å²) in [5.41, 5.74) is -0.351. The SMILES string of the molecule is CC1(C)CCC(S(=O)(=O)c2cccc(Cl)c2)C1O. The van der Waals surface area contributed by atoms with Gasteiger partial charge in [0.15, 0.2) is 9.84 Å². The van der Waals surface area contributed by atoms with Crippen molar-refractivity contribution in [3.8, 4) is 0 Å². The zero-order valence-corrected chi connectivity index (χ0v) is 12.0. The van der Waals surface area contributed by atoms with Gasteiger partial charge in [0.05, 0.1) is 16.2 Å². The minimum absolute atomic E-state index is 0.191. The number of rotatable bonds is 2. The van der Waals surface area contributed by atoms with Crippen molar-refractivity contribution in [1.82, 2.24) is 0 Å². The summed E-state index contributed by atoms with van der Waals surface area (Å²) in [5.74, 6) is 0. The zero-order chi connectivity index (χ0) is 13.6. The first-order valence-corrected chi connectivity index (χ1v) is 7.85. The van der Waals surface area contributed by atoms with Crippen LogP contribution in [0.3, 0.4) is 0 Å². The smallest absolute Gasteiger partial charge is 0.183 e. The summed E-state index contributed by atoms with van der Waals surface area (Å²) in [6.07, 6.45) is 0.364. The molecule has 0 heterocycles. The molecular weight excluding hydrogens is 272 g/mol. The highest BCUT2D eigenvalue weighted by molar-refractivity contribution is 7.92. The molecule has 0 bridgehead atoms. The van der Waals surface area contributed by atoms with Crippen LogP contribution in [0.4, 0.5) is 0 Å². The maximum atomic E-state index is 12.5.